The zero-order valence-corrected chi connectivity index (χ0v) is 13.0. The van der Waals surface area contributed by atoms with Crippen molar-refractivity contribution < 1.29 is 0 Å². The molecular weight excluding hydrogens is 276 g/mol. The summed E-state index contributed by atoms with van der Waals surface area (Å²) in [6, 6.07) is 20.6. The average molecular weight is 294 g/mol. The summed E-state index contributed by atoms with van der Waals surface area (Å²) < 4.78 is 0. The summed E-state index contributed by atoms with van der Waals surface area (Å²) in [5.74, 6) is 0.813. The Morgan fingerprint density at radius 2 is 1.52 bits per heavy atom. The lowest BCUT2D eigenvalue weighted by Crippen LogP contribution is -2.17. The van der Waals surface area contributed by atoms with Gasteiger partial charge in [-0.25, -0.2) is 0 Å². The van der Waals surface area contributed by atoms with Gasteiger partial charge in [-0.1, -0.05) is 66.7 Å². The second-order valence-electron chi connectivity index (χ2n) is 7.49. The van der Waals surface area contributed by atoms with E-state index in [4.69, 9.17) is 0 Å². The summed E-state index contributed by atoms with van der Waals surface area (Å²) >= 11 is 0. The molecule has 0 saturated heterocycles. The highest BCUT2D eigenvalue weighted by Gasteiger charge is 2.42. The first-order valence-corrected chi connectivity index (χ1v) is 8.71. The summed E-state index contributed by atoms with van der Waals surface area (Å²) in [6.45, 7) is 0. The first-order chi connectivity index (χ1) is 11.3. The minimum absolute atomic E-state index is 0.299. The van der Waals surface area contributed by atoms with Crippen LogP contribution in [0.4, 0.5) is 0 Å². The van der Waals surface area contributed by atoms with E-state index in [1.807, 2.05) is 0 Å². The Bertz CT molecular complexity index is 1090. The SMILES string of the molecule is C1=CC2(c3ccc4ccc5cccc6ccc3c4c56)CCC1C2. The van der Waals surface area contributed by atoms with Gasteiger partial charge in [-0.3, -0.25) is 0 Å². The minimum Gasteiger partial charge on any atom is -0.0845 e. The van der Waals surface area contributed by atoms with Gasteiger partial charge >= 0.3 is 0 Å². The first kappa shape index (κ1) is 12.1. The third kappa shape index (κ3) is 1.42. The standard InChI is InChI=1S/C23H18/c1-2-16-4-5-18-7-9-20(23-12-10-15(14-23)11-13-23)19-8-6-17(3-1)21(16)22(18)19/h1-10,12,15H,11,13-14H2. The van der Waals surface area contributed by atoms with Gasteiger partial charge < -0.3 is 0 Å². The van der Waals surface area contributed by atoms with E-state index in [1.165, 1.54) is 51.6 Å². The van der Waals surface area contributed by atoms with Crippen molar-refractivity contribution in [3.05, 3.63) is 72.3 Å². The number of allylic oxidation sites excluding steroid dienone is 2. The predicted molar refractivity (Wildman–Crippen MR) is 98.3 cm³/mol. The number of rotatable bonds is 1. The molecule has 0 nitrogen and oxygen atoms in total. The molecule has 4 aromatic carbocycles. The van der Waals surface area contributed by atoms with Crippen molar-refractivity contribution in [2.75, 3.05) is 0 Å². The van der Waals surface area contributed by atoms with Crippen molar-refractivity contribution in [3.8, 4) is 0 Å². The van der Waals surface area contributed by atoms with E-state index in [0.717, 1.165) is 5.92 Å². The van der Waals surface area contributed by atoms with Crippen LogP contribution in [0.5, 0.6) is 0 Å². The monoisotopic (exact) mass is 294 g/mol. The van der Waals surface area contributed by atoms with Crippen LogP contribution >= 0.6 is 0 Å². The minimum atomic E-state index is 0.299. The van der Waals surface area contributed by atoms with Gasteiger partial charge in [-0.15, -0.1) is 0 Å². The average Bonchev–Trinajstić information content (AvgIpc) is 3.21. The molecule has 0 aliphatic heterocycles. The van der Waals surface area contributed by atoms with E-state index in [9.17, 15) is 0 Å². The second kappa shape index (κ2) is 3.94. The fourth-order valence-corrected chi connectivity index (χ4v) is 5.25. The quantitative estimate of drug-likeness (QED) is 0.290. The summed E-state index contributed by atoms with van der Waals surface area (Å²) in [5, 5.41) is 8.48. The lowest BCUT2D eigenvalue weighted by molar-refractivity contribution is 0.572. The fourth-order valence-electron chi connectivity index (χ4n) is 5.25. The molecule has 0 heterocycles. The van der Waals surface area contributed by atoms with E-state index >= 15 is 0 Å². The number of hydrogen-bond acceptors (Lipinski definition) is 0. The van der Waals surface area contributed by atoms with Crippen LogP contribution in [0.2, 0.25) is 0 Å². The van der Waals surface area contributed by atoms with Crippen LogP contribution in [-0.4, -0.2) is 0 Å². The maximum atomic E-state index is 2.51. The largest absolute Gasteiger partial charge is 0.0845 e. The van der Waals surface area contributed by atoms with Crippen molar-refractivity contribution in [3.63, 3.8) is 0 Å². The molecule has 110 valence electrons. The van der Waals surface area contributed by atoms with E-state index in [1.54, 1.807) is 5.56 Å². The third-order valence-corrected chi connectivity index (χ3v) is 6.34. The number of fused-ring (bicyclic) bond motifs is 2. The molecule has 2 aliphatic rings. The van der Waals surface area contributed by atoms with E-state index in [0.29, 0.717) is 5.41 Å². The Morgan fingerprint density at radius 1 is 0.783 bits per heavy atom. The Balaban J connectivity index is 1.80. The highest BCUT2D eigenvalue weighted by Crippen LogP contribution is 2.53. The Morgan fingerprint density at radius 3 is 2.22 bits per heavy atom. The van der Waals surface area contributed by atoms with Gasteiger partial charge in [0.05, 0.1) is 0 Å². The van der Waals surface area contributed by atoms with Gasteiger partial charge in [-0.2, -0.15) is 0 Å². The molecule has 0 spiro atoms. The van der Waals surface area contributed by atoms with Gasteiger partial charge in [0.15, 0.2) is 0 Å². The Hall–Kier alpha value is -2.34. The molecule has 23 heavy (non-hydrogen) atoms. The fraction of sp³-hybridized carbons (Fsp3) is 0.217. The highest BCUT2D eigenvalue weighted by molar-refractivity contribution is 6.23. The normalized spacial score (nSPS) is 26.2. The van der Waals surface area contributed by atoms with Crippen molar-refractivity contribution in [2.45, 2.75) is 24.7 Å². The lowest BCUT2D eigenvalue weighted by atomic mass is 9.76. The molecule has 0 radical (unpaired) electrons. The topological polar surface area (TPSA) is 0 Å². The van der Waals surface area contributed by atoms with Crippen LogP contribution < -0.4 is 0 Å². The van der Waals surface area contributed by atoms with Crippen LogP contribution in [0, 0.1) is 5.92 Å². The van der Waals surface area contributed by atoms with Crippen LogP contribution in [-0.2, 0) is 5.41 Å². The van der Waals surface area contributed by atoms with Gasteiger partial charge in [0.25, 0.3) is 0 Å². The lowest BCUT2D eigenvalue weighted by Gasteiger charge is -2.27. The van der Waals surface area contributed by atoms with E-state index in [2.05, 4.69) is 66.7 Å². The number of benzene rings is 4. The van der Waals surface area contributed by atoms with Crippen molar-refractivity contribution in [1.82, 2.24) is 0 Å². The predicted octanol–water partition coefficient (Wildman–Crippen LogP) is 6.19. The molecule has 6 rings (SSSR count). The molecule has 1 saturated carbocycles. The van der Waals surface area contributed by atoms with Crippen LogP contribution in [0.15, 0.2) is 66.7 Å². The summed E-state index contributed by atoms with van der Waals surface area (Å²) in [7, 11) is 0. The molecule has 0 N–H and O–H groups in total. The molecule has 0 amide bonds. The molecule has 2 bridgehead atoms. The zero-order valence-electron chi connectivity index (χ0n) is 13.0. The van der Waals surface area contributed by atoms with Gasteiger partial charge in [0, 0.05) is 5.41 Å². The van der Waals surface area contributed by atoms with Crippen LogP contribution in [0.3, 0.4) is 0 Å². The van der Waals surface area contributed by atoms with E-state index in [-0.39, 0.29) is 0 Å². The highest BCUT2D eigenvalue weighted by atomic mass is 14.5. The molecule has 2 unspecified atom stereocenters. The first-order valence-electron chi connectivity index (χ1n) is 8.71. The Labute approximate surface area is 135 Å². The number of hydrogen-bond donors (Lipinski definition) is 0. The second-order valence-corrected chi connectivity index (χ2v) is 7.49. The maximum absolute atomic E-state index is 2.51. The molecule has 2 atom stereocenters. The van der Waals surface area contributed by atoms with Gasteiger partial charge in [-0.05, 0) is 63.1 Å². The smallest absolute Gasteiger partial charge is 0.0144 e. The Kier molecular flexibility index (Phi) is 2.08. The van der Waals surface area contributed by atoms with Gasteiger partial charge in [0.2, 0.25) is 0 Å². The zero-order chi connectivity index (χ0) is 15.0. The molecule has 0 aromatic heterocycles. The molecule has 4 aromatic rings. The molecule has 0 heteroatoms. The van der Waals surface area contributed by atoms with Crippen molar-refractivity contribution in [1.29, 1.82) is 0 Å². The third-order valence-electron chi connectivity index (χ3n) is 6.34. The van der Waals surface area contributed by atoms with Crippen molar-refractivity contribution >= 4 is 32.3 Å². The molecule has 1 fully saturated rings. The molecular formula is C23H18. The maximum Gasteiger partial charge on any atom is 0.0144 e. The van der Waals surface area contributed by atoms with E-state index < -0.39 is 0 Å². The van der Waals surface area contributed by atoms with Crippen LogP contribution in [0.1, 0.15) is 24.8 Å². The summed E-state index contributed by atoms with van der Waals surface area (Å²) in [6.07, 6.45) is 8.96. The van der Waals surface area contributed by atoms with Crippen LogP contribution in [0.25, 0.3) is 32.3 Å². The molecule has 2 aliphatic carbocycles. The van der Waals surface area contributed by atoms with Crippen molar-refractivity contribution in [2.24, 2.45) is 5.92 Å². The summed E-state index contributed by atoms with van der Waals surface area (Å²) in [5.41, 5.74) is 1.85. The summed E-state index contributed by atoms with van der Waals surface area (Å²) in [4.78, 5) is 0. The van der Waals surface area contributed by atoms with Gasteiger partial charge in [0.1, 0.15) is 0 Å².